The molecule has 0 spiro atoms. The number of benzene rings is 3. The first-order valence-electron chi connectivity index (χ1n) is 11.7. The Balaban J connectivity index is 1.38. The number of carbonyl (C=O) groups excluding carboxylic acids is 1. The van der Waals surface area contributed by atoms with Gasteiger partial charge in [-0.2, -0.15) is 0 Å². The number of anilines is 1. The van der Waals surface area contributed by atoms with Gasteiger partial charge >= 0.3 is 0 Å². The van der Waals surface area contributed by atoms with Crippen LogP contribution in [0.4, 0.5) is 5.69 Å². The van der Waals surface area contributed by atoms with Crippen molar-refractivity contribution in [1.82, 2.24) is 5.32 Å². The van der Waals surface area contributed by atoms with Crippen molar-refractivity contribution >= 4 is 21.6 Å². The second kappa shape index (κ2) is 9.50. The fourth-order valence-corrected chi connectivity index (χ4v) is 6.59. The highest BCUT2D eigenvalue weighted by Crippen LogP contribution is 2.44. The molecule has 2 saturated carbocycles. The summed E-state index contributed by atoms with van der Waals surface area (Å²) in [5, 5.41) is 3.11. The number of nitrogens with one attached hydrogen (secondary N) is 1. The number of rotatable bonds is 8. The van der Waals surface area contributed by atoms with Crippen molar-refractivity contribution in [2.45, 2.75) is 36.6 Å². The van der Waals surface area contributed by atoms with E-state index in [-0.39, 0.29) is 23.4 Å². The normalized spacial score (nSPS) is 21.2. The van der Waals surface area contributed by atoms with E-state index in [0.29, 0.717) is 29.0 Å². The molecule has 6 nitrogen and oxygen atoms in total. The number of carbonyl (C=O) groups is 1. The number of para-hydroxylation sites is 1. The van der Waals surface area contributed by atoms with E-state index < -0.39 is 10.0 Å². The molecule has 2 fully saturated rings. The Labute approximate surface area is 200 Å². The average Bonchev–Trinajstić information content (AvgIpc) is 3.48. The van der Waals surface area contributed by atoms with Gasteiger partial charge in [-0.05, 0) is 79.6 Å². The molecule has 3 atom stereocenters. The number of sulfonamides is 1. The highest BCUT2D eigenvalue weighted by Gasteiger charge is 2.40. The first-order valence-corrected chi connectivity index (χ1v) is 13.1. The Morgan fingerprint density at radius 1 is 0.853 bits per heavy atom. The van der Waals surface area contributed by atoms with Gasteiger partial charge in [-0.3, -0.25) is 9.10 Å². The van der Waals surface area contributed by atoms with E-state index in [2.05, 4.69) is 5.32 Å². The number of hydrogen-bond acceptors (Lipinski definition) is 4. The molecule has 0 aromatic heterocycles. The van der Waals surface area contributed by atoms with E-state index in [0.717, 1.165) is 12.8 Å². The quantitative estimate of drug-likeness (QED) is 0.498. The fraction of sp³-hybridized carbons (Fsp3) is 0.296. The molecule has 2 bridgehead atoms. The molecule has 34 heavy (non-hydrogen) atoms. The summed E-state index contributed by atoms with van der Waals surface area (Å²) in [7, 11) is -3.93. The third-order valence-electron chi connectivity index (χ3n) is 6.81. The predicted octanol–water partition coefficient (Wildman–Crippen LogP) is 4.98. The van der Waals surface area contributed by atoms with Crippen molar-refractivity contribution in [3.63, 3.8) is 0 Å². The van der Waals surface area contributed by atoms with Gasteiger partial charge in [0.25, 0.3) is 10.0 Å². The number of ether oxygens (including phenoxy) is 1. The number of nitrogens with zero attached hydrogens (tertiary/aromatic N) is 1. The van der Waals surface area contributed by atoms with Gasteiger partial charge in [-0.15, -0.1) is 0 Å². The third kappa shape index (κ3) is 4.80. The summed E-state index contributed by atoms with van der Waals surface area (Å²) in [5.41, 5.74) is 0.410. The lowest BCUT2D eigenvalue weighted by molar-refractivity contribution is -0.120. The maximum atomic E-state index is 13.5. The van der Waals surface area contributed by atoms with Crippen LogP contribution in [0.15, 0.2) is 89.8 Å². The third-order valence-corrected chi connectivity index (χ3v) is 8.59. The van der Waals surface area contributed by atoms with E-state index in [9.17, 15) is 13.2 Å². The highest BCUT2D eigenvalue weighted by atomic mass is 32.2. The van der Waals surface area contributed by atoms with Gasteiger partial charge in [-0.25, -0.2) is 8.42 Å². The Hall–Kier alpha value is -3.32. The Morgan fingerprint density at radius 3 is 2.12 bits per heavy atom. The second-order valence-electron chi connectivity index (χ2n) is 9.08. The minimum absolute atomic E-state index is 0.146. The molecule has 2 aliphatic rings. The van der Waals surface area contributed by atoms with Crippen LogP contribution in [0.5, 0.6) is 11.5 Å². The smallest absolute Gasteiger partial charge is 0.264 e. The molecule has 1 N–H and O–H groups in total. The van der Waals surface area contributed by atoms with Crippen molar-refractivity contribution in [2.75, 3.05) is 10.8 Å². The molecule has 3 aromatic rings. The van der Waals surface area contributed by atoms with Gasteiger partial charge in [-0.1, -0.05) is 42.8 Å². The van der Waals surface area contributed by atoms with Crippen LogP contribution in [0, 0.1) is 11.8 Å². The van der Waals surface area contributed by atoms with Crippen molar-refractivity contribution in [3.8, 4) is 11.5 Å². The van der Waals surface area contributed by atoms with Gasteiger partial charge in [0.15, 0.2) is 0 Å². The molecule has 0 saturated heterocycles. The molecule has 0 aliphatic heterocycles. The maximum absolute atomic E-state index is 13.5. The van der Waals surface area contributed by atoms with Gasteiger partial charge in [0.2, 0.25) is 5.91 Å². The van der Waals surface area contributed by atoms with Crippen molar-refractivity contribution in [1.29, 1.82) is 0 Å². The summed E-state index contributed by atoms with van der Waals surface area (Å²) in [6.45, 7) is -0.274. The summed E-state index contributed by atoms with van der Waals surface area (Å²) in [4.78, 5) is 13.1. The van der Waals surface area contributed by atoms with Crippen LogP contribution in [-0.2, 0) is 14.8 Å². The zero-order valence-electron chi connectivity index (χ0n) is 18.8. The monoisotopic (exact) mass is 476 g/mol. The van der Waals surface area contributed by atoms with Crippen LogP contribution in [0.2, 0.25) is 0 Å². The second-order valence-corrected chi connectivity index (χ2v) is 10.9. The number of amides is 1. The Bertz CT molecular complexity index is 1230. The van der Waals surface area contributed by atoms with Gasteiger partial charge < -0.3 is 10.1 Å². The molecule has 7 heteroatoms. The molecular formula is C27H28N2O4S. The van der Waals surface area contributed by atoms with Crippen LogP contribution < -0.4 is 14.4 Å². The van der Waals surface area contributed by atoms with Crippen LogP contribution in [0.3, 0.4) is 0 Å². The first-order chi connectivity index (χ1) is 16.5. The maximum Gasteiger partial charge on any atom is 0.264 e. The highest BCUT2D eigenvalue weighted by molar-refractivity contribution is 7.92. The van der Waals surface area contributed by atoms with Gasteiger partial charge in [0.1, 0.15) is 18.0 Å². The van der Waals surface area contributed by atoms with E-state index in [1.807, 2.05) is 30.3 Å². The van der Waals surface area contributed by atoms with Crippen LogP contribution in [-0.4, -0.2) is 26.9 Å². The SMILES string of the molecule is O=C(CN(c1ccc(Oc2ccccc2)cc1)S(=O)(=O)c1ccccc1)N[C@H]1C[C@@H]2CC[C@@H]1C2. The summed E-state index contributed by atoms with van der Waals surface area (Å²) in [5.74, 6) is 2.20. The topological polar surface area (TPSA) is 75.7 Å². The number of fused-ring (bicyclic) bond motifs is 2. The van der Waals surface area contributed by atoms with Gasteiger partial charge in [0, 0.05) is 6.04 Å². The Morgan fingerprint density at radius 2 is 1.50 bits per heavy atom. The molecule has 2 aliphatic carbocycles. The summed E-state index contributed by atoms with van der Waals surface area (Å²) >= 11 is 0. The largest absolute Gasteiger partial charge is 0.457 e. The lowest BCUT2D eigenvalue weighted by Gasteiger charge is -2.27. The van der Waals surface area contributed by atoms with Crippen LogP contribution in [0.1, 0.15) is 25.7 Å². The molecule has 1 amide bonds. The molecule has 0 unspecified atom stereocenters. The van der Waals surface area contributed by atoms with E-state index >= 15 is 0 Å². The minimum atomic E-state index is -3.93. The Kier molecular flexibility index (Phi) is 6.28. The zero-order chi connectivity index (χ0) is 23.5. The molecule has 0 heterocycles. The molecular weight excluding hydrogens is 448 g/mol. The molecule has 0 radical (unpaired) electrons. The van der Waals surface area contributed by atoms with Crippen molar-refractivity contribution < 1.29 is 17.9 Å². The van der Waals surface area contributed by atoms with Crippen LogP contribution >= 0.6 is 0 Å². The molecule has 5 rings (SSSR count). The minimum Gasteiger partial charge on any atom is -0.457 e. The fourth-order valence-electron chi connectivity index (χ4n) is 5.14. The number of hydrogen-bond donors (Lipinski definition) is 1. The first kappa shape index (κ1) is 22.5. The summed E-state index contributed by atoms with van der Waals surface area (Å²) in [6, 6.07) is 24.5. The molecule has 3 aromatic carbocycles. The lowest BCUT2D eigenvalue weighted by Crippen LogP contribution is -2.45. The van der Waals surface area contributed by atoms with E-state index in [1.54, 1.807) is 54.6 Å². The zero-order valence-corrected chi connectivity index (χ0v) is 19.7. The standard InChI is InChI=1S/C27H28N2O4S/c30-27(28-26-18-20-11-12-21(26)17-20)19-29(34(31,32)25-9-5-2-6-10-25)22-13-15-24(16-14-22)33-23-7-3-1-4-8-23/h1-10,13-16,20-21,26H,11-12,17-19H2,(H,28,30)/t20-,21-,26+/m1/s1. The summed E-state index contributed by atoms with van der Waals surface area (Å²) < 4.78 is 34.1. The van der Waals surface area contributed by atoms with E-state index in [4.69, 9.17) is 4.74 Å². The summed E-state index contributed by atoms with van der Waals surface area (Å²) in [6.07, 6.45) is 4.54. The predicted molar refractivity (Wildman–Crippen MR) is 131 cm³/mol. The van der Waals surface area contributed by atoms with E-state index in [1.165, 1.54) is 17.1 Å². The molecule has 176 valence electrons. The average molecular weight is 477 g/mol. The van der Waals surface area contributed by atoms with Crippen molar-refractivity contribution in [2.24, 2.45) is 11.8 Å². The van der Waals surface area contributed by atoms with Crippen molar-refractivity contribution in [3.05, 3.63) is 84.9 Å². The van der Waals surface area contributed by atoms with Crippen LogP contribution in [0.25, 0.3) is 0 Å². The lowest BCUT2D eigenvalue weighted by atomic mass is 9.95. The van der Waals surface area contributed by atoms with Gasteiger partial charge in [0.05, 0.1) is 10.6 Å².